The quantitative estimate of drug-likeness (QED) is 0.362. The molecule has 3 rings (SSSR count). The third-order valence-corrected chi connectivity index (χ3v) is 5.14. The number of nitrogens with one attached hydrogen (secondary N) is 2. The van der Waals surface area contributed by atoms with E-state index in [1.165, 1.54) is 12.8 Å². The number of rotatable bonds is 10. The van der Waals surface area contributed by atoms with Crippen molar-refractivity contribution in [1.29, 1.82) is 0 Å². The summed E-state index contributed by atoms with van der Waals surface area (Å²) in [5.41, 5.74) is 1.08. The first kappa shape index (κ1) is 21.0. The largest absolute Gasteiger partial charge is 0.493 e. The molecule has 0 aliphatic heterocycles. The number of para-hydroxylation sites is 1. The summed E-state index contributed by atoms with van der Waals surface area (Å²) >= 11 is 0. The lowest BCUT2D eigenvalue weighted by Gasteiger charge is -2.20. The molecule has 1 aliphatic rings. The number of nitrogens with zero attached hydrogens (tertiary/aromatic N) is 4. The molecule has 1 fully saturated rings. The smallest absolute Gasteiger partial charge is 0.191 e. The molecule has 1 aromatic heterocycles. The Morgan fingerprint density at radius 3 is 2.69 bits per heavy atom. The predicted octanol–water partition coefficient (Wildman–Crippen LogP) is 2.75. The van der Waals surface area contributed by atoms with E-state index in [1.807, 2.05) is 16.7 Å². The Hall–Kier alpha value is -2.77. The zero-order valence-corrected chi connectivity index (χ0v) is 17.4. The van der Waals surface area contributed by atoms with Gasteiger partial charge in [0.2, 0.25) is 0 Å². The minimum absolute atomic E-state index is 0.285. The number of hydrogen-bond acceptors (Lipinski definition) is 5. The standard InChI is InChI=1S/C21H32N6O2/c1-22-21(23-12-5-6-13-27-15-25-26-16-27)24-14-17-8-7-11-19(28-2)20(17)29-18-9-3-4-10-18/h7-8,11,15-16,18H,3-6,9-10,12-14H2,1-2H3,(H2,22,23,24). The fourth-order valence-electron chi connectivity index (χ4n) is 3.53. The summed E-state index contributed by atoms with van der Waals surface area (Å²) in [6.45, 7) is 2.40. The minimum Gasteiger partial charge on any atom is -0.493 e. The maximum absolute atomic E-state index is 6.31. The van der Waals surface area contributed by atoms with Crippen LogP contribution in [0.15, 0.2) is 35.8 Å². The Kier molecular flexibility index (Phi) is 8.15. The summed E-state index contributed by atoms with van der Waals surface area (Å²) in [5.74, 6) is 2.41. The maximum atomic E-state index is 6.31. The van der Waals surface area contributed by atoms with Crippen molar-refractivity contribution in [2.45, 2.75) is 57.7 Å². The second kappa shape index (κ2) is 11.3. The normalized spacial score (nSPS) is 14.8. The summed E-state index contributed by atoms with van der Waals surface area (Å²) in [7, 11) is 3.47. The van der Waals surface area contributed by atoms with Crippen LogP contribution in [0.1, 0.15) is 44.1 Å². The van der Waals surface area contributed by atoms with Gasteiger partial charge in [0.25, 0.3) is 0 Å². The summed E-state index contributed by atoms with van der Waals surface area (Å²) in [6, 6.07) is 6.03. The summed E-state index contributed by atoms with van der Waals surface area (Å²) in [4.78, 5) is 4.32. The predicted molar refractivity (Wildman–Crippen MR) is 113 cm³/mol. The number of guanidine groups is 1. The molecular formula is C21H32N6O2. The Labute approximate surface area is 172 Å². The molecule has 0 spiro atoms. The maximum Gasteiger partial charge on any atom is 0.191 e. The molecule has 0 unspecified atom stereocenters. The molecule has 0 bridgehead atoms. The number of aliphatic imine (C=N–C) groups is 1. The van der Waals surface area contributed by atoms with Gasteiger partial charge in [-0.3, -0.25) is 4.99 Å². The lowest BCUT2D eigenvalue weighted by molar-refractivity contribution is 0.198. The second-order valence-corrected chi connectivity index (χ2v) is 7.23. The summed E-state index contributed by atoms with van der Waals surface area (Å²) in [6.07, 6.45) is 10.6. The van der Waals surface area contributed by atoms with Crippen molar-refractivity contribution in [3.63, 3.8) is 0 Å². The Balaban J connectivity index is 1.48. The Morgan fingerprint density at radius 2 is 1.97 bits per heavy atom. The van der Waals surface area contributed by atoms with E-state index in [9.17, 15) is 0 Å². The van der Waals surface area contributed by atoms with E-state index in [4.69, 9.17) is 9.47 Å². The van der Waals surface area contributed by atoms with E-state index >= 15 is 0 Å². The fraction of sp³-hybridized carbons (Fsp3) is 0.571. The number of unbranched alkanes of at least 4 members (excludes halogenated alkanes) is 1. The molecule has 1 aromatic carbocycles. The van der Waals surface area contributed by atoms with Crippen molar-refractivity contribution in [2.75, 3.05) is 20.7 Å². The monoisotopic (exact) mass is 400 g/mol. The van der Waals surface area contributed by atoms with Gasteiger partial charge in [0.15, 0.2) is 17.5 Å². The number of aryl methyl sites for hydroxylation is 1. The molecule has 8 heteroatoms. The molecular weight excluding hydrogens is 368 g/mol. The SMILES string of the molecule is CN=C(NCCCCn1cnnc1)NCc1cccc(OC)c1OC1CCCC1. The first-order valence-corrected chi connectivity index (χ1v) is 10.4. The van der Waals surface area contributed by atoms with E-state index in [-0.39, 0.29) is 6.10 Å². The van der Waals surface area contributed by atoms with Crippen LogP contribution in [0.5, 0.6) is 11.5 Å². The lowest BCUT2D eigenvalue weighted by atomic mass is 10.1. The van der Waals surface area contributed by atoms with Gasteiger partial charge in [-0.1, -0.05) is 12.1 Å². The molecule has 2 N–H and O–H groups in total. The number of aromatic nitrogens is 3. The highest BCUT2D eigenvalue weighted by molar-refractivity contribution is 5.79. The van der Waals surface area contributed by atoms with Gasteiger partial charge in [-0.25, -0.2) is 0 Å². The molecule has 8 nitrogen and oxygen atoms in total. The van der Waals surface area contributed by atoms with Gasteiger partial charge in [-0.05, 0) is 44.6 Å². The van der Waals surface area contributed by atoms with E-state index in [0.717, 1.165) is 61.8 Å². The van der Waals surface area contributed by atoms with Crippen molar-refractivity contribution < 1.29 is 9.47 Å². The third kappa shape index (κ3) is 6.37. The van der Waals surface area contributed by atoms with Gasteiger partial charge in [-0.2, -0.15) is 0 Å². The van der Waals surface area contributed by atoms with Gasteiger partial charge < -0.3 is 24.7 Å². The lowest BCUT2D eigenvalue weighted by Crippen LogP contribution is -2.37. The van der Waals surface area contributed by atoms with Crippen molar-refractivity contribution in [3.8, 4) is 11.5 Å². The fourth-order valence-corrected chi connectivity index (χ4v) is 3.53. The van der Waals surface area contributed by atoms with Crippen molar-refractivity contribution in [1.82, 2.24) is 25.4 Å². The minimum atomic E-state index is 0.285. The highest BCUT2D eigenvalue weighted by Crippen LogP contribution is 2.34. The number of benzene rings is 1. The molecule has 0 saturated heterocycles. The molecule has 29 heavy (non-hydrogen) atoms. The van der Waals surface area contributed by atoms with Crippen molar-refractivity contribution in [2.24, 2.45) is 4.99 Å². The molecule has 0 radical (unpaired) electrons. The molecule has 2 aromatic rings. The number of hydrogen-bond donors (Lipinski definition) is 2. The first-order chi connectivity index (χ1) is 14.3. The number of ether oxygens (including phenoxy) is 2. The van der Waals surface area contributed by atoms with E-state index in [2.05, 4.69) is 31.9 Å². The molecule has 1 aliphatic carbocycles. The van der Waals surface area contributed by atoms with Crippen molar-refractivity contribution >= 4 is 5.96 Å². The molecule has 0 amide bonds. The van der Waals surface area contributed by atoms with E-state index in [1.54, 1.807) is 26.8 Å². The van der Waals surface area contributed by atoms with Crippen LogP contribution in [-0.4, -0.2) is 47.5 Å². The van der Waals surface area contributed by atoms with E-state index in [0.29, 0.717) is 6.54 Å². The van der Waals surface area contributed by atoms with Gasteiger partial charge in [0.05, 0.1) is 13.2 Å². The van der Waals surface area contributed by atoms with Gasteiger partial charge in [0, 0.05) is 32.2 Å². The van der Waals surface area contributed by atoms with Crippen LogP contribution in [0.25, 0.3) is 0 Å². The Morgan fingerprint density at radius 1 is 1.17 bits per heavy atom. The molecule has 158 valence electrons. The zero-order chi connectivity index (χ0) is 20.3. The van der Waals surface area contributed by atoms with Crippen LogP contribution in [0, 0.1) is 0 Å². The zero-order valence-electron chi connectivity index (χ0n) is 17.4. The average Bonchev–Trinajstić information content (AvgIpc) is 3.45. The molecule has 1 heterocycles. The number of methoxy groups -OCH3 is 1. The van der Waals surface area contributed by atoms with E-state index < -0.39 is 0 Å². The van der Waals surface area contributed by atoms with Gasteiger partial charge >= 0.3 is 0 Å². The van der Waals surface area contributed by atoms with Gasteiger partial charge in [0.1, 0.15) is 12.7 Å². The summed E-state index contributed by atoms with van der Waals surface area (Å²) < 4.78 is 13.8. The topological polar surface area (TPSA) is 85.6 Å². The highest BCUT2D eigenvalue weighted by atomic mass is 16.5. The van der Waals surface area contributed by atoms with Crippen LogP contribution >= 0.6 is 0 Å². The highest BCUT2D eigenvalue weighted by Gasteiger charge is 2.20. The van der Waals surface area contributed by atoms with Crippen LogP contribution in [0.4, 0.5) is 0 Å². The third-order valence-electron chi connectivity index (χ3n) is 5.14. The second-order valence-electron chi connectivity index (χ2n) is 7.23. The van der Waals surface area contributed by atoms with Crippen LogP contribution in [0.3, 0.4) is 0 Å². The molecule has 0 atom stereocenters. The van der Waals surface area contributed by atoms with Gasteiger partial charge in [-0.15, -0.1) is 10.2 Å². The van der Waals surface area contributed by atoms with Crippen LogP contribution < -0.4 is 20.1 Å². The van der Waals surface area contributed by atoms with Crippen molar-refractivity contribution in [3.05, 3.63) is 36.4 Å². The summed E-state index contributed by atoms with van der Waals surface area (Å²) in [5, 5.41) is 14.4. The van der Waals surface area contributed by atoms with Crippen LogP contribution in [0.2, 0.25) is 0 Å². The molecule has 1 saturated carbocycles. The average molecular weight is 401 g/mol. The first-order valence-electron chi connectivity index (χ1n) is 10.4. The van der Waals surface area contributed by atoms with Crippen LogP contribution in [-0.2, 0) is 13.1 Å². The Bertz CT molecular complexity index is 757.